The van der Waals surface area contributed by atoms with E-state index < -0.39 is 0 Å². The second-order valence-electron chi connectivity index (χ2n) is 6.86. The molecule has 0 bridgehead atoms. The predicted octanol–water partition coefficient (Wildman–Crippen LogP) is 3.51. The van der Waals surface area contributed by atoms with Gasteiger partial charge in [-0.2, -0.15) is 11.8 Å². The smallest absolute Gasteiger partial charge is 0.317 e. The number of urea groups is 1. The summed E-state index contributed by atoms with van der Waals surface area (Å²) in [5.41, 5.74) is 2.49. The molecule has 0 spiro atoms. The van der Waals surface area contributed by atoms with Crippen LogP contribution in [0.4, 0.5) is 4.79 Å². The molecular formula is C19H28N2O2S. The van der Waals surface area contributed by atoms with Gasteiger partial charge in [-0.05, 0) is 48.5 Å². The SMILES string of the molecule is CSCc1cccc(CNC(=O)N2CC[C@@H](C3CCOCC3)C2)c1. The van der Waals surface area contributed by atoms with E-state index in [1.807, 2.05) is 16.7 Å². The number of thioether (sulfide) groups is 1. The molecule has 0 aliphatic carbocycles. The van der Waals surface area contributed by atoms with E-state index in [4.69, 9.17) is 4.74 Å². The third kappa shape index (κ3) is 4.67. The Morgan fingerprint density at radius 3 is 2.83 bits per heavy atom. The second-order valence-corrected chi connectivity index (χ2v) is 7.72. The quantitative estimate of drug-likeness (QED) is 0.885. The number of ether oxygens (including phenoxy) is 1. The zero-order valence-electron chi connectivity index (χ0n) is 14.5. The van der Waals surface area contributed by atoms with Crippen LogP contribution in [-0.4, -0.2) is 43.5 Å². The van der Waals surface area contributed by atoms with Crippen molar-refractivity contribution in [2.24, 2.45) is 11.8 Å². The van der Waals surface area contributed by atoms with Crippen LogP contribution in [0.25, 0.3) is 0 Å². The fraction of sp³-hybridized carbons (Fsp3) is 0.632. The molecule has 0 saturated carbocycles. The molecule has 5 heteroatoms. The lowest BCUT2D eigenvalue weighted by Crippen LogP contribution is -2.38. The van der Waals surface area contributed by atoms with Crippen LogP contribution in [0.5, 0.6) is 0 Å². The summed E-state index contributed by atoms with van der Waals surface area (Å²) >= 11 is 1.82. The van der Waals surface area contributed by atoms with Crippen LogP contribution in [-0.2, 0) is 17.0 Å². The highest BCUT2D eigenvalue weighted by Crippen LogP contribution is 2.31. The van der Waals surface area contributed by atoms with Gasteiger partial charge in [0.25, 0.3) is 0 Å². The number of rotatable bonds is 5. The molecule has 132 valence electrons. The van der Waals surface area contributed by atoms with Gasteiger partial charge in [0.1, 0.15) is 0 Å². The molecule has 4 nitrogen and oxygen atoms in total. The zero-order valence-corrected chi connectivity index (χ0v) is 15.3. The fourth-order valence-electron chi connectivity index (χ4n) is 3.83. The molecule has 3 rings (SSSR count). The van der Waals surface area contributed by atoms with Gasteiger partial charge in [0.05, 0.1) is 0 Å². The highest BCUT2D eigenvalue weighted by molar-refractivity contribution is 7.97. The van der Waals surface area contributed by atoms with E-state index in [1.165, 1.54) is 11.1 Å². The first-order chi connectivity index (χ1) is 11.8. The molecule has 2 aliphatic heterocycles. The molecule has 0 aromatic heterocycles. The lowest BCUT2D eigenvalue weighted by atomic mass is 9.85. The van der Waals surface area contributed by atoms with Crippen LogP contribution in [0.2, 0.25) is 0 Å². The van der Waals surface area contributed by atoms with Crippen molar-refractivity contribution in [1.29, 1.82) is 0 Å². The highest BCUT2D eigenvalue weighted by atomic mass is 32.2. The maximum atomic E-state index is 12.4. The van der Waals surface area contributed by atoms with Gasteiger partial charge in [-0.1, -0.05) is 24.3 Å². The zero-order chi connectivity index (χ0) is 16.8. The van der Waals surface area contributed by atoms with Crippen LogP contribution in [0.3, 0.4) is 0 Å². The number of carbonyl (C=O) groups is 1. The van der Waals surface area contributed by atoms with Crippen molar-refractivity contribution >= 4 is 17.8 Å². The van der Waals surface area contributed by atoms with Gasteiger partial charge in [0.15, 0.2) is 0 Å². The fourth-order valence-corrected chi connectivity index (χ4v) is 4.34. The number of benzene rings is 1. The number of carbonyl (C=O) groups excluding carboxylic acids is 1. The van der Waals surface area contributed by atoms with E-state index in [1.54, 1.807) is 0 Å². The van der Waals surface area contributed by atoms with Crippen molar-refractivity contribution < 1.29 is 9.53 Å². The minimum atomic E-state index is 0.0832. The van der Waals surface area contributed by atoms with Gasteiger partial charge in [-0.25, -0.2) is 4.79 Å². The van der Waals surface area contributed by atoms with Gasteiger partial charge >= 0.3 is 6.03 Å². The third-order valence-corrected chi connectivity index (χ3v) is 5.81. The van der Waals surface area contributed by atoms with Gasteiger partial charge in [-0.15, -0.1) is 0 Å². The van der Waals surface area contributed by atoms with Crippen molar-refractivity contribution in [2.45, 2.75) is 31.6 Å². The summed E-state index contributed by atoms with van der Waals surface area (Å²) in [6.45, 7) is 4.18. The van der Waals surface area contributed by atoms with Crippen molar-refractivity contribution in [3.63, 3.8) is 0 Å². The molecule has 2 fully saturated rings. The minimum absolute atomic E-state index is 0.0832. The topological polar surface area (TPSA) is 41.6 Å². The van der Waals surface area contributed by atoms with Crippen molar-refractivity contribution in [3.05, 3.63) is 35.4 Å². The largest absolute Gasteiger partial charge is 0.381 e. The van der Waals surface area contributed by atoms with Crippen LogP contribution < -0.4 is 5.32 Å². The summed E-state index contributed by atoms with van der Waals surface area (Å²) in [5, 5.41) is 3.09. The molecule has 1 N–H and O–H groups in total. The van der Waals surface area contributed by atoms with E-state index in [2.05, 4.69) is 35.8 Å². The summed E-state index contributed by atoms with van der Waals surface area (Å²) in [6.07, 6.45) is 5.56. The number of hydrogen-bond donors (Lipinski definition) is 1. The molecule has 2 aliphatic rings. The molecular weight excluding hydrogens is 320 g/mol. The molecule has 2 saturated heterocycles. The first kappa shape index (κ1) is 17.6. The van der Waals surface area contributed by atoms with Gasteiger partial charge in [0.2, 0.25) is 0 Å². The molecule has 2 amide bonds. The summed E-state index contributed by atoms with van der Waals surface area (Å²) in [4.78, 5) is 14.4. The number of amides is 2. The Hall–Kier alpha value is -1.20. The van der Waals surface area contributed by atoms with Crippen molar-refractivity contribution in [2.75, 3.05) is 32.6 Å². The van der Waals surface area contributed by atoms with Gasteiger partial charge in [0, 0.05) is 38.6 Å². The monoisotopic (exact) mass is 348 g/mol. The molecule has 1 aromatic carbocycles. The van der Waals surface area contributed by atoms with Crippen molar-refractivity contribution in [3.8, 4) is 0 Å². The van der Waals surface area contributed by atoms with E-state index in [0.717, 1.165) is 57.2 Å². The summed E-state index contributed by atoms with van der Waals surface area (Å²) in [5.74, 6) is 2.41. The average molecular weight is 349 g/mol. The Labute approximate surface area is 149 Å². The van der Waals surface area contributed by atoms with Crippen LogP contribution in [0.1, 0.15) is 30.4 Å². The van der Waals surface area contributed by atoms with E-state index >= 15 is 0 Å². The maximum Gasteiger partial charge on any atom is 0.317 e. The molecule has 1 aromatic rings. The maximum absolute atomic E-state index is 12.4. The molecule has 0 radical (unpaired) electrons. The lowest BCUT2D eigenvalue weighted by Gasteiger charge is -2.27. The predicted molar refractivity (Wildman–Crippen MR) is 99.1 cm³/mol. The Kier molecular flexibility index (Phi) is 6.44. The Morgan fingerprint density at radius 1 is 1.25 bits per heavy atom. The summed E-state index contributed by atoms with van der Waals surface area (Å²) in [7, 11) is 0. The third-order valence-electron chi connectivity index (χ3n) is 5.19. The van der Waals surface area contributed by atoms with E-state index in [9.17, 15) is 4.79 Å². The second kappa shape index (κ2) is 8.77. The van der Waals surface area contributed by atoms with Crippen LogP contribution in [0.15, 0.2) is 24.3 Å². The Balaban J connectivity index is 1.46. The first-order valence-corrected chi connectivity index (χ1v) is 10.3. The Bertz CT molecular complexity index is 546. The molecule has 1 atom stereocenters. The summed E-state index contributed by atoms with van der Waals surface area (Å²) in [6, 6.07) is 8.56. The highest BCUT2D eigenvalue weighted by Gasteiger charge is 2.32. The molecule has 2 heterocycles. The number of nitrogens with one attached hydrogen (secondary N) is 1. The van der Waals surface area contributed by atoms with Gasteiger partial charge < -0.3 is 15.0 Å². The number of hydrogen-bond acceptors (Lipinski definition) is 3. The van der Waals surface area contributed by atoms with E-state index in [-0.39, 0.29) is 6.03 Å². The average Bonchev–Trinajstić information content (AvgIpc) is 3.11. The first-order valence-electron chi connectivity index (χ1n) is 8.93. The van der Waals surface area contributed by atoms with Crippen molar-refractivity contribution in [1.82, 2.24) is 10.2 Å². The van der Waals surface area contributed by atoms with Crippen LogP contribution >= 0.6 is 11.8 Å². The Morgan fingerprint density at radius 2 is 2.04 bits per heavy atom. The number of likely N-dealkylation sites (tertiary alicyclic amines) is 1. The van der Waals surface area contributed by atoms with E-state index in [0.29, 0.717) is 12.5 Å². The normalized spacial score (nSPS) is 21.9. The lowest BCUT2D eigenvalue weighted by molar-refractivity contribution is 0.0484. The van der Waals surface area contributed by atoms with Gasteiger partial charge in [-0.3, -0.25) is 0 Å². The van der Waals surface area contributed by atoms with Crippen LogP contribution in [0, 0.1) is 11.8 Å². The molecule has 0 unspecified atom stereocenters. The minimum Gasteiger partial charge on any atom is -0.381 e. The molecule has 24 heavy (non-hydrogen) atoms. The standard InChI is InChI=1S/C19H28N2O2S/c1-24-14-16-4-2-3-15(11-16)12-20-19(22)21-8-5-18(13-21)17-6-9-23-10-7-17/h2-4,11,17-18H,5-10,12-14H2,1H3,(H,20,22)/t18-/m1/s1. The summed E-state index contributed by atoms with van der Waals surface area (Å²) < 4.78 is 5.45. The number of nitrogens with zero attached hydrogens (tertiary/aromatic N) is 1.